The molecule has 0 unspecified atom stereocenters. The predicted octanol–water partition coefficient (Wildman–Crippen LogP) is 4.25. The van der Waals surface area contributed by atoms with Gasteiger partial charge in [-0.3, -0.25) is 0 Å². The Morgan fingerprint density at radius 2 is 1.59 bits per heavy atom. The van der Waals surface area contributed by atoms with Gasteiger partial charge in [-0.15, -0.1) is 0 Å². The normalized spacial score (nSPS) is 10.2. The number of rotatable bonds is 10. The molecule has 17 heavy (non-hydrogen) atoms. The zero-order valence-electron chi connectivity index (χ0n) is 12.8. The smallest absolute Gasteiger partial charge is 0.0465 e. The molecule has 0 aliphatic heterocycles. The third-order valence-electron chi connectivity index (χ3n) is 2.32. The molecule has 0 aromatic carbocycles. The number of ether oxygens (including phenoxy) is 1. The van der Waals surface area contributed by atoms with E-state index in [4.69, 9.17) is 4.74 Å². The van der Waals surface area contributed by atoms with Crippen molar-refractivity contribution in [3.63, 3.8) is 0 Å². The summed E-state index contributed by atoms with van der Waals surface area (Å²) in [6.45, 7) is 15.3. The summed E-state index contributed by atoms with van der Waals surface area (Å²) in [5.41, 5.74) is 0. The van der Waals surface area contributed by atoms with Gasteiger partial charge in [0, 0.05) is 13.2 Å². The van der Waals surface area contributed by atoms with Crippen LogP contribution in [-0.4, -0.2) is 26.3 Å². The maximum atomic E-state index is 5.22. The van der Waals surface area contributed by atoms with Crippen LogP contribution in [-0.2, 0) is 4.74 Å². The Hall–Kier alpha value is -0.0800. The van der Waals surface area contributed by atoms with Gasteiger partial charge in [0.25, 0.3) is 0 Å². The molecule has 2 heteroatoms. The van der Waals surface area contributed by atoms with Crippen molar-refractivity contribution in [3.05, 3.63) is 0 Å². The zero-order chi connectivity index (χ0) is 13.4. The summed E-state index contributed by atoms with van der Waals surface area (Å²) in [4.78, 5) is 0. The first-order valence-corrected chi connectivity index (χ1v) is 7.47. The first-order valence-electron chi connectivity index (χ1n) is 7.47. The van der Waals surface area contributed by atoms with Gasteiger partial charge in [0.05, 0.1) is 0 Å². The molecule has 0 atom stereocenters. The van der Waals surface area contributed by atoms with Crippen LogP contribution in [0, 0.1) is 5.92 Å². The summed E-state index contributed by atoms with van der Waals surface area (Å²) in [5.74, 6) is 0.842. The third kappa shape index (κ3) is 25.9. The fraction of sp³-hybridized carbons (Fsp3) is 1.00. The minimum absolute atomic E-state index is 0.842. The van der Waals surface area contributed by atoms with Crippen LogP contribution >= 0.6 is 0 Å². The SMILES string of the molecule is CCCCOCCC.CCCNCCC(C)C. The van der Waals surface area contributed by atoms with E-state index in [1.165, 1.54) is 38.8 Å². The first-order chi connectivity index (χ1) is 8.18. The first kappa shape index (κ1) is 19.3. The van der Waals surface area contributed by atoms with Gasteiger partial charge in [0.2, 0.25) is 0 Å². The predicted molar refractivity (Wildman–Crippen MR) is 78.6 cm³/mol. The third-order valence-corrected chi connectivity index (χ3v) is 2.32. The van der Waals surface area contributed by atoms with Crippen molar-refractivity contribution in [2.75, 3.05) is 26.3 Å². The maximum absolute atomic E-state index is 5.22. The minimum atomic E-state index is 0.842. The summed E-state index contributed by atoms with van der Waals surface area (Å²) in [6, 6.07) is 0. The van der Waals surface area contributed by atoms with E-state index >= 15 is 0 Å². The zero-order valence-corrected chi connectivity index (χ0v) is 12.8. The highest BCUT2D eigenvalue weighted by molar-refractivity contribution is 4.49. The number of nitrogens with one attached hydrogen (secondary N) is 1. The van der Waals surface area contributed by atoms with Gasteiger partial charge >= 0.3 is 0 Å². The van der Waals surface area contributed by atoms with Crippen LogP contribution in [0.25, 0.3) is 0 Å². The van der Waals surface area contributed by atoms with E-state index in [0.717, 1.165) is 25.6 Å². The van der Waals surface area contributed by atoms with Crippen molar-refractivity contribution in [3.8, 4) is 0 Å². The molecular formula is C15H35NO. The van der Waals surface area contributed by atoms with Crippen LogP contribution in [0.2, 0.25) is 0 Å². The Balaban J connectivity index is 0. The summed E-state index contributed by atoms with van der Waals surface area (Å²) < 4.78 is 5.22. The molecule has 0 spiro atoms. The largest absolute Gasteiger partial charge is 0.381 e. The van der Waals surface area contributed by atoms with Gasteiger partial charge in [0.15, 0.2) is 0 Å². The van der Waals surface area contributed by atoms with Crippen LogP contribution < -0.4 is 5.32 Å². The second-order valence-electron chi connectivity index (χ2n) is 4.90. The van der Waals surface area contributed by atoms with Crippen LogP contribution in [0.4, 0.5) is 0 Å². The highest BCUT2D eigenvalue weighted by atomic mass is 16.5. The second-order valence-corrected chi connectivity index (χ2v) is 4.90. The lowest BCUT2D eigenvalue weighted by molar-refractivity contribution is 0.132. The molecule has 0 aromatic rings. The van der Waals surface area contributed by atoms with Gasteiger partial charge in [-0.25, -0.2) is 0 Å². The quantitative estimate of drug-likeness (QED) is 0.581. The second kappa shape index (κ2) is 18.3. The van der Waals surface area contributed by atoms with E-state index in [9.17, 15) is 0 Å². The summed E-state index contributed by atoms with van der Waals surface area (Å²) >= 11 is 0. The monoisotopic (exact) mass is 245 g/mol. The molecule has 0 bridgehead atoms. The number of unbranched alkanes of at least 4 members (excludes halogenated alkanes) is 1. The van der Waals surface area contributed by atoms with Gasteiger partial charge in [-0.2, -0.15) is 0 Å². The molecule has 0 saturated carbocycles. The number of hydrogen-bond donors (Lipinski definition) is 1. The maximum Gasteiger partial charge on any atom is 0.0465 e. The Bertz CT molecular complexity index is 109. The Labute approximate surface area is 110 Å². The van der Waals surface area contributed by atoms with Gasteiger partial charge < -0.3 is 10.1 Å². The van der Waals surface area contributed by atoms with Crippen LogP contribution in [0.3, 0.4) is 0 Å². The van der Waals surface area contributed by atoms with E-state index in [0.29, 0.717) is 0 Å². The summed E-state index contributed by atoms with van der Waals surface area (Å²) in [5, 5.41) is 3.37. The fourth-order valence-corrected chi connectivity index (χ4v) is 1.19. The molecule has 0 fully saturated rings. The van der Waals surface area contributed by atoms with Crippen LogP contribution in [0.15, 0.2) is 0 Å². The Kier molecular flexibility index (Phi) is 20.7. The molecule has 0 saturated heterocycles. The average molecular weight is 245 g/mol. The van der Waals surface area contributed by atoms with Gasteiger partial charge in [-0.05, 0) is 44.7 Å². The molecule has 2 nitrogen and oxygen atoms in total. The van der Waals surface area contributed by atoms with Gasteiger partial charge in [0.1, 0.15) is 0 Å². The molecule has 0 radical (unpaired) electrons. The van der Waals surface area contributed by atoms with Crippen molar-refractivity contribution in [1.82, 2.24) is 5.32 Å². The molecule has 0 amide bonds. The van der Waals surface area contributed by atoms with E-state index in [1.807, 2.05) is 0 Å². The summed E-state index contributed by atoms with van der Waals surface area (Å²) in [6.07, 6.45) is 6.14. The molecule has 1 N–H and O–H groups in total. The van der Waals surface area contributed by atoms with E-state index in [1.54, 1.807) is 0 Å². The van der Waals surface area contributed by atoms with Gasteiger partial charge in [-0.1, -0.05) is 41.0 Å². The lowest BCUT2D eigenvalue weighted by Crippen LogP contribution is -2.17. The van der Waals surface area contributed by atoms with Crippen molar-refractivity contribution in [2.24, 2.45) is 5.92 Å². The van der Waals surface area contributed by atoms with Crippen LogP contribution in [0.1, 0.15) is 66.7 Å². The molecule has 106 valence electrons. The molecule has 0 rings (SSSR count). The Morgan fingerprint density at radius 3 is 2.06 bits per heavy atom. The van der Waals surface area contributed by atoms with Crippen molar-refractivity contribution < 1.29 is 4.74 Å². The van der Waals surface area contributed by atoms with E-state index in [-0.39, 0.29) is 0 Å². The van der Waals surface area contributed by atoms with Crippen molar-refractivity contribution in [2.45, 2.75) is 66.7 Å². The number of hydrogen-bond acceptors (Lipinski definition) is 2. The Morgan fingerprint density at radius 1 is 0.882 bits per heavy atom. The molecular weight excluding hydrogens is 210 g/mol. The van der Waals surface area contributed by atoms with Crippen molar-refractivity contribution >= 4 is 0 Å². The highest BCUT2D eigenvalue weighted by Gasteiger charge is 1.90. The van der Waals surface area contributed by atoms with Crippen LogP contribution in [0.5, 0.6) is 0 Å². The topological polar surface area (TPSA) is 21.3 Å². The van der Waals surface area contributed by atoms with Crippen molar-refractivity contribution in [1.29, 1.82) is 0 Å². The average Bonchev–Trinajstić information content (AvgIpc) is 2.31. The minimum Gasteiger partial charge on any atom is -0.381 e. The fourth-order valence-electron chi connectivity index (χ4n) is 1.19. The highest BCUT2D eigenvalue weighted by Crippen LogP contribution is 1.95. The lowest BCUT2D eigenvalue weighted by atomic mass is 10.1. The van der Waals surface area contributed by atoms with E-state index < -0.39 is 0 Å². The summed E-state index contributed by atoms with van der Waals surface area (Å²) in [7, 11) is 0. The van der Waals surface area contributed by atoms with E-state index in [2.05, 4.69) is 39.9 Å². The standard InChI is InChI=1S/C8H19N.C7H16O/c1-4-6-9-7-5-8(2)3;1-3-5-7-8-6-4-2/h8-9H,4-7H2,1-3H3;3-7H2,1-2H3. The molecule has 0 aliphatic carbocycles. The lowest BCUT2D eigenvalue weighted by Gasteiger charge is -2.04. The molecule has 0 heterocycles. The molecule has 0 aromatic heterocycles. The molecule has 0 aliphatic rings.